The molecule has 0 aromatic heterocycles. The van der Waals surface area contributed by atoms with Crippen LogP contribution >= 0.6 is 0 Å². The first kappa shape index (κ1) is 10.8. The molecule has 13 heavy (non-hydrogen) atoms. The van der Waals surface area contributed by atoms with Crippen LogP contribution in [0.2, 0.25) is 0 Å². The van der Waals surface area contributed by atoms with E-state index in [4.69, 9.17) is 0 Å². The number of rotatable bonds is 2. The third-order valence-electron chi connectivity index (χ3n) is 3.72. The van der Waals surface area contributed by atoms with Gasteiger partial charge in [-0.2, -0.15) is 0 Å². The van der Waals surface area contributed by atoms with Crippen LogP contribution in [0.5, 0.6) is 0 Å². The summed E-state index contributed by atoms with van der Waals surface area (Å²) in [5, 5.41) is 0. The standard InChI is InChI=1S/C12H23N/c1-10(2)12(13(4)5)8-6-11(3)7-9-12/h6,10H,7-9H2,1-5H3. The van der Waals surface area contributed by atoms with Crippen molar-refractivity contribution < 1.29 is 0 Å². The van der Waals surface area contributed by atoms with Gasteiger partial charge in [0.15, 0.2) is 0 Å². The Balaban J connectivity index is 2.83. The average molecular weight is 181 g/mol. The van der Waals surface area contributed by atoms with Crippen molar-refractivity contribution in [2.45, 2.75) is 45.6 Å². The Morgan fingerprint density at radius 1 is 1.38 bits per heavy atom. The Hall–Kier alpha value is -0.300. The minimum absolute atomic E-state index is 0.416. The molecule has 0 aromatic carbocycles. The SMILES string of the molecule is CC1=CCC(C(C)C)(N(C)C)CC1. The molecule has 1 aliphatic carbocycles. The second kappa shape index (κ2) is 3.83. The number of hydrogen-bond acceptors (Lipinski definition) is 1. The van der Waals surface area contributed by atoms with E-state index in [1.807, 2.05) is 0 Å². The molecule has 0 heterocycles. The molecule has 0 radical (unpaired) electrons. The maximum Gasteiger partial charge on any atom is 0.0263 e. The quantitative estimate of drug-likeness (QED) is 0.592. The van der Waals surface area contributed by atoms with Crippen molar-refractivity contribution in [3.05, 3.63) is 11.6 Å². The van der Waals surface area contributed by atoms with Crippen LogP contribution in [-0.2, 0) is 0 Å². The minimum Gasteiger partial charge on any atom is -0.303 e. The second-order valence-electron chi connectivity index (χ2n) is 4.91. The van der Waals surface area contributed by atoms with Gasteiger partial charge in [-0.15, -0.1) is 0 Å². The Morgan fingerprint density at radius 2 is 2.00 bits per heavy atom. The van der Waals surface area contributed by atoms with Gasteiger partial charge in [0.25, 0.3) is 0 Å². The van der Waals surface area contributed by atoms with Crippen molar-refractivity contribution in [1.82, 2.24) is 4.90 Å². The van der Waals surface area contributed by atoms with Gasteiger partial charge in [-0.3, -0.25) is 0 Å². The fourth-order valence-corrected chi connectivity index (χ4v) is 2.42. The summed E-state index contributed by atoms with van der Waals surface area (Å²) in [7, 11) is 4.43. The van der Waals surface area contributed by atoms with Crippen molar-refractivity contribution in [2.75, 3.05) is 14.1 Å². The van der Waals surface area contributed by atoms with E-state index in [1.165, 1.54) is 19.3 Å². The van der Waals surface area contributed by atoms with Crippen LogP contribution < -0.4 is 0 Å². The van der Waals surface area contributed by atoms with Crippen LogP contribution in [0.1, 0.15) is 40.0 Å². The summed E-state index contributed by atoms with van der Waals surface area (Å²) in [6.07, 6.45) is 6.24. The largest absolute Gasteiger partial charge is 0.303 e. The Morgan fingerprint density at radius 3 is 2.31 bits per heavy atom. The molecular formula is C12H23N. The van der Waals surface area contributed by atoms with Crippen molar-refractivity contribution in [1.29, 1.82) is 0 Å². The lowest BCUT2D eigenvalue weighted by atomic mass is 9.74. The van der Waals surface area contributed by atoms with Gasteiger partial charge in [0.1, 0.15) is 0 Å². The monoisotopic (exact) mass is 181 g/mol. The van der Waals surface area contributed by atoms with E-state index in [1.54, 1.807) is 5.57 Å². The van der Waals surface area contributed by atoms with Crippen molar-refractivity contribution in [3.8, 4) is 0 Å². The highest BCUT2D eigenvalue weighted by Crippen LogP contribution is 2.37. The Bertz CT molecular complexity index is 193. The molecule has 1 nitrogen and oxygen atoms in total. The molecule has 1 rings (SSSR count). The molecule has 1 aliphatic rings. The van der Waals surface area contributed by atoms with E-state index in [2.05, 4.69) is 45.8 Å². The first-order chi connectivity index (χ1) is 5.99. The number of hydrogen-bond donors (Lipinski definition) is 0. The van der Waals surface area contributed by atoms with E-state index < -0.39 is 0 Å². The van der Waals surface area contributed by atoms with Gasteiger partial charge >= 0.3 is 0 Å². The first-order valence-corrected chi connectivity index (χ1v) is 5.32. The molecule has 0 aromatic rings. The zero-order chi connectivity index (χ0) is 10.1. The smallest absolute Gasteiger partial charge is 0.0263 e. The molecule has 0 spiro atoms. The Kier molecular flexibility index (Phi) is 3.18. The lowest BCUT2D eigenvalue weighted by Crippen LogP contribution is -2.49. The van der Waals surface area contributed by atoms with Gasteiger partial charge in [-0.05, 0) is 46.2 Å². The lowest BCUT2D eigenvalue weighted by Gasteiger charge is -2.45. The van der Waals surface area contributed by atoms with Crippen LogP contribution in [0.15, 0.2) is 11.6 Å². The molecule has 0 bridgehead atoms. The normalized spacial score (nSPS) is 29.6. The zero-order valence-corrected chi connectivity index (χ0v) is 9.72. The third kappa shape index (κ3) is 1.96. The summed E-state index contributed by atoms with van der Waals surface area (Å²) >= 11 is 0. The third-order valence-corrected chi connectivity index (χ3v) is 3.72. The molecule has 0 fully saturated rings. The lowest BCUT2D eigenvalue weighted by molar-refractivity contribution is 0.0819. The summed E-state index contributed by atoms with van der Waals surface area (Å²) in [6, 6.07) is 0. The summed E-state index contributed by atoms with van der Waals surface area (Å²) < 4.78 is 0. The molecular weight excluding hydrogens is 158 g/mol. The van der Waals surface area contributed by atoms with Crippen molar-refractivity contribution in [2.24, 2.45) is 5.92 Å². The van der Waals surface area contributed by atoms with Crippen LogP contribution in [-0.4, -0.2) is 24.5 Å². The van der Waals surface area contributed by atoms with E-state index in [0.717, 1.165) is 5.92 Å². The predicted molar refractivity (Wildman–Crippen MR) is 58.9 cm³/mol. The maximum absolute atomic E-state index is 2.42. The highest BCUT2D eigenvalue weighted by Gasteiger charge is 2.36. The van der Waals surface area contributed by atoms with E-state index in [-0.39, 0.29) is 0 Å². The molecule has 1 atom stereocenters. The van der Waals surface area contributed by atoms with Crippen LogP contribution in [0.25, 0.3) is 0 Å². The molecule has 0 saturated heterocycles. The first-order valence-electron chi connectivity index (χ1n) is 5.32. The molecule has 0 aliphatic heterocycles. The van der Waals surface area contributed by atoms with Gasteiger partial charge in [-0.1, -0.05) is 25.5 Å². The van der Waals surface area contributed by atoms with Gasteiger partial charge in [0, 0.05) is 5.54 Å². The summed E-state index contributed by atoms with van der Waals surface area (Å²) in [4.78, 5) is 2.42. The van der Waals surface area contributed by atoms with Crippen molar-refractivity contribution in [3.63, 3.8) is 0 Å². The van der Waals surface area contributed by atoms with Gasteiger partial charge in [0.05, 0.1) is 0 Å². The summed E-state index contributed by atoms with van der Waals surface area (Å²) in [5.41, 5.74) is 1.98. The second-order valence-corrected chi connectivity index (χ2v) is 4.91. The maximum atomic E-state index is 2.42. The summed E-state index contributed by atoms with van der Waals surface area (Å²) in [5.74, 6) is 0.742. The minimum atomic E-state index is 0.416. The highest BCUT2D eigenvalue weighted by molar-refractivity contribution is 5.11. The summed E-state index contributed by atoms with van der Waals surface area (Å²) in [6.45, 7) is 6.93. The van der Waals surface area contributed by atoms with Gasteiger partial charge < -0.3 is 4.90 Å². The number of allylic oxidation sites excluding steroid dienone is 1. The predicted octanol–water partition coefficient (Wildman–Crippen LogP) is 3.07. The van der Waals surface area contributed by atoms with E-state index in [9.17, 15) is 0 Å². The molecule has 0 saturated carbocycles. The molecule has 1 heteroatoms. The molecule has 1 unspecified atom stereocenters. The van der Waals surface area contributed by atoms with Gasteiger partial charge in [-0.25, -0.2) is 0 Å². The van der Waals surface area contributed by atoms with Gasteiger partial charge in [0.2, 0.25) is 0 Å². The average Bonchev–Trinajstić information content (AvgIpc) is 2.04. The fourth-order valence-electron chi connectivity index (χ4n) is 2.42. The molecule has 0 amide bonds. The van der Waals surface area contributed by atoms with Crippen molar-refractivity contribution >= 4 is 0 Å². The Labute approximate surface area is 82.8 Å². The zero-order valence-electron chi connectivity index (χ0n) is 9.72. The van der Waals surface area contributed by atoms with Crippen LogP contribution in [0, 0.1) is 5.92 Å². The fraction of sp³-hybridized carbons (Fsp3) is 0.833. The molecule has 0 N–H and O–H groups in total. The molecule has 76 valence electrons. The topological polar surface area (TPSA) is 3.24 Å². The van der Waals surface area contributed by atoms with E-state index >= 15 is 0 Å². The highest BCUT2D eigenvalue weighted by atomic mass is 15.1. The number of nitrogens with zero attached hydrogens (tertiary/aromatic N) is 1. The van der Waals surface area contributed by atoms with Crippen LogP contribution in [0.3, 0.4) is 0 Å². The van der Waals surface area contributed by atoms with E-state index in [0.29, 0.717) is 5.54 Å². The van der Waals surface area contributed by atoms with Crippen LogP contribution in [0.4, 0.5) is 0 Å².